The molecule has 6 nitrogen and oxygen atoms in total. The summed E-state index contributed by atoms with van der Waals surface area (Å²) in [6.45, 7) is 6.45. The molecule has 0 saturated heterocycles. The number of hydrogen-bond donors (Lipinski definition) is 3. The number of nitrogens with one attached hydrogen (secondary N) is 1. The van der Waals surface area contributed by atoms with E-state index in [0.717, 1.165) is 64.2 Å². The maximum atomic E-state index is 13.2. The molecule has 0 aliphatic rings. The van der Waals surface area contributed by atoms with Crippen molar-refractivity contribution in [3.63, 3.8) is 0 Å². The van der Waals surface area contributed by atoms with Crippen molar-refractivity contribution in [3.05, 3.63) is 60.8 Å². The Labute approximate surface area is 390 Å². The summed E-state index contributed by atoms with van der Waals surface area (Å²) in [7, 11) is 0. The maximum absolute atomic E-state index is 13.2. The summed E-state index contributed by atoms with van der Waals surface area (Å²) < 4.78 is 5.89. The Hall–Kier alpha value is -2.44. The predicted octanol–water partition coefficient (Wildman–Crippen LogP) is 16.4. The Kier molecular flexibility index (Phi) is 48.6. The zero-order valence-electron chi connectivity index (χ0n) is 41.7. The van der Waals surface area contributed by atoms with Gasteiger partial charge < -0.3 is 20.3 Å². The Balaban J connectivity index is 4.69. The molecular formula is C57H103NO5. The van der Waals surface area contributed by atoms with E-state index in [4.69, 9.17) is 4.74 Å². The zero-order valence-corrected chi connectivity index (χ0v) is 41.7. The van der Waals surface area contributed by atoms with Crippen LogP contribution in [0.2, 0.25) is 0 Å². The van der Waals surface area contributed by atoms with Crippen molar-refractivity contribution in [2.24, 2.45) is 0 Å². The van der Waals surface area contributed by atoms with Crippen LogP contribution in [0.25, 0.3) is 0 Å². The molecule has 3 unspecified atom stereocenters. The Morgan fingerprint density at radius 2 is 0.873 bits per heavy atom. The molecule has 0 aromatic rings. The van der Waals surface area contributed by atoms with Gasteiger partial charge in [-0.2, -0.15) is 0 Å². The fraction of sp³-hybridized carbons (Fsp3) is 0.789. The highest BCUT2D eigenvalue weighted by molar-refractivity contribution is 5.77. The van der Waals surface area contributed by atoms with Gasteiger partial charge in [0.15, 0.2) is 0 Å². The molecule has 0 saturated carbocycles. The van der Waals surface area contributed by atoms with Crippen molar-refractivity contribution < 1.29 is 24.5 Å². The van der Waals surface area contributed by atoms with E-state index in [0.29, 0.717) is 19.3 Å². The molecule has 0 bridgehead atoms. The molecule has 0 heterocycles. The highest BCUT2D eigenvalue weighted by atomic mass is 16.5. The number of amides is 1. The monoisotopic (exact) mass is 882 g/mol. The lowest BCUT2D eigenvalue weighted by Gasteiger charge is -2.24. The first-order valence-corrected chi connectivity index (χ1v) is 27.0. The second kappa shape index (κ2) is 50.6. The smallest absolute Gasteiger partial charge is 0.306 e. The average Bonchev–Trinajstić information content (AvgIpc) is 3.28. The molecule has 0 spiro atoms. The number of rotatable bonds is 48. The van der Waals surface area contributed by atoms with Gasteiger partial charge in [0.2, 0.25) is 5.91 Å². The minimum atomic E-state index is -0.807. The van der Waals surface area contributed by atoms with E-state index in [1.807, 2.05) is 6.08 Å². The molecule has 0 aliphatic heterocycles. The lowest BCUT2D eigenvalue weighted by Crippen LogP contribution is -2.46. The molecule has 0 aromatic carbocycles. The van der Waals surface area contributed by atoms with E-state index in [2.05, 4.69) is 80.8 Å². The first kappa shape index (κ1) is 60.6. The second-order valence-electron chi connectivity index (χ2n) is 18.3. The van der Waals surface area contributed by atoms with Crippen LogP contribution in [0, 0.1) is 0 Å². The van der Waals surface area contributed by atoms with Crippen molar-refractivity contribution in [2.45, 2.75) is 283 Å². The third kappa shape index (κ3) is 45.9. The van der Waals surface area contributed by atoms with E-state index >= 15 is 0 Å². The van der Waals surface area contributed by atoms with Gasteiger partial charge in [-0.3, -0.25) is 9.59 Å². The Morgan fingerprint density at radius 3 is 1.35 bits per heavy atom. The van der Waals surface area contributed by atoms with Crippen LogP contribution in [0.1, 0.15) is 265 Å². The summed E-state index contributed by atoms with van der Waals surface area (Å²) in [6, 6.07) is -0.725. The standard InChI is InChI=1S/C57H103NO5/c1-4-7-10-13-16-19-22-25-27-29-31-33-36-39-42-45-48-53(63-57(62)50-47-44-41-38-35-30-24-21-18-15-12-9-6-3)51-56(61)58-54(52-59)55(60)49-46-43-40-37-34-32-28-26-23-20-17-14-11-8-5-2/h22,25,27,29-31,33,35,41,44,53-55,59-60H,4-21,23-24,26,28,32,34,36-40,42-43,45-52H2,1-3H3,(H,58,61)/b25-22+,29-27+,33-31+,35-30-,44-41+. The molecule has 366 valence electrons. The number of aliphatic hydroxyl groups is 2. The number of allylic oxidation sites excluding steroid dienone is 10. The van der Waals surface area contributed by atoms with Crippen LogP contribution in [0.5, 0.6) is 0 Å². The molecule has 1 amide bonds. The molecule has 0 rings (SSSR count). The van der Waals surface area contributed by atoms with Gasteiger partial charge in [-0.25, -0.2) is 0 Å². The molecule has 0 radical (unpaired) electrons. The van der Waals surface area contributed by atoms with Crippen molar-refractivity contribution in [3.8, 4) is 0 Å². The van der Waals surface area contributed by atoms with Gasteiger partial charge in [0.05, 0.1) is 25.2 Å². The molecule has 0 aromatic heterocycles. The molecule has 3 atom stereocenters. The number of esters is 1. The first-order valence-electron chi connectivity index (χ1n) is 27.0. The fourth-order valence-corrected chi connectivity index (χ4v) is 8.01. The number of unbranched alkanes of at least 4 members (excludes halogenated alkanes) is 28. The van der Waals surface area contributed by atoms with Gasteiger partial charge in [-0.15, -0.1) is 0 Å². The van der Waals surface area contributed by atoms with Crippen LogP contribution < -0.4 is 5.32 Å². The number of ether oxygens (including phenoxy) is 1. The van der Waals surface area contributed by atoms with Gasteiger partial charge in [0, 0.05) is 6.42 Å². The summed E-state index contributed by atoms with van der Waals surface area (Å²) in [6.07, 6.45) is 62.9. The second-order valence-corrected chi connectivity index (χ2v) is 18.3. The van der Waals surface area contributed by atoms with Crippen LogP contribution in [0.4, 0.5) is 0 Å². The van der Waals surface area contributed by atoms with Gasteiger partial charge in [-0.1, -0.05) is 242 Å². The summed E-state index contributed by atoms with van der Waals surface area (Å²) in [5.74, 6) is -0.585. The summed E-state index contributed by atoms with van der Waals surface area (Å²) in [4.78, 5) is 26.1. The molecular weight excluding hydrogens is 779 g/mol. The van der Waals surface area contributed by atoms with Crippen LogP contribution in [0.3, 0.4) is 0 Å². The fourth-order valence-electron chi connectivity index (χ4n) is 8.01. The van der Waals surface area contributed by atoms with Crippen molar-refractivity contribution >= 4 is 11.9 Å². The lowest BCUT2D eigenvalue weighted by molar-refractivity contribution is -0.150. The summed E-state index contributed by atoms with van der Waals surface area (Å²) in [5.41, 5.74) is 0. The largest absolute Gasteiger partial charge is 0.462 e. The Bertz CT molecular complexity index is 1130. The SMILES string of the molecule is CCCCCCC/C=C/C=C/C=C/CCCCCC(CC(=O)NC(CO)C(O)CCCCCCCCCCCCCCCCC)OC(=O)CC/C=C/C/C=C\CCCCCCCC. The number of carbonyl (C=O) groups is 2. The highest BCUT2D eigenvalue weighted by Gasteiger charge is 2.24. The normalized spacial score (nSPS) is 13.7. The number of carbonyl (C=O) groups excluding carboxylic acids is 2. The Morgan fingerprint density at radius 1 is 0.476 bits per heavy atom. The van der Waals surface area contributed by atoms with Gasteiger partial charge >= 0.3 is 5.97 Å². The minimum absolute atomic E-state index is 0.0319. The van der Waals surface area contributed by atoms with Gasteiger partial charge in [0.1, 0.15) is 6.10 Å². The van der Waals surface area contributed by atoms with Crippen LogP contribution in [-0.2, 0) is 14.3 Å². The van der Waals surface area contributed by atoms with Gasteiger partial charge in [0.25, 0.3) is 0 Å². The van der Waals surface area contributed by atoms with E-state index < -0.39 is 18.2 Å². The lowest BCUT2D eigenvalue weighted by atomic mass is 10.0. The van der Waals surface area contributed by atoms with E-state index in [1.54, 1.807) is 0 Å². The van der Waals surface area contributed by atoms with Crippen molar-refractivity contribution in [1.29, 1.82) is 0 Å². The quantitative estimate of drug-likeness (QED) is 0.0245. The van der Waals surface area contributed by atoms with E-state index in [-0.39, 0.29) is 31.3 Å². The molecule has 0 fully saturated rings. The first-order chi connectivity index (χ1) is 31.0. The number of hydrogen-bond acceptors (Lipinski definition) is 5. The van der Waals surface area contributed by atoms with Crippen LogP contribution in [-0.4, -0.2) is 46.9 Å². The van der Waals surface area contributed by atoms with E-state index in [1.165, 1.54) is 148 Å². The van der Waals surface area contributed by atoms with Crippen LogP contribution >= 0.6 is 0 Å². The average molecular weight is 882 g/mol. The van der Waals surface area contributed by atoms with Crippen molar-refractivity contribution in [1.82, 2.24) is 5.32 Å². The third-order valence-electron chi connectivity index (χ3n) is 12.1. The number of aliphatic hydroxyl groups excluding tert-OH is 2. The highest BCUT2D eigenvalue weighted by Crippen LogP contribution is 2.17. The molecule has 0 aliphatic carbocycles. The molecule has 3 N–H and O–H groups in total. The maximum Gasteiger partial charge on any atom is 0.306 e. The van der Waals surface area contributed by atoms with Crippen molar-refractivity contribution in [2.75, 3.05) is 6.61 Å². The van der Waals surface area contributed by atoms with Crippen LogP contribution in [0.15, 0.2) is 60.8 Å². The van der Waals surface area contributed by atoms with Gasteiger partial charge in [-0.05, 0) is 70.6 Å². The molecule has 63 heavy (non-hydrogen) atoms. The molecule has 6 heteroatoms. The van der Waals surface area contributed by atoms with E-state index in [9.17, 15) is 19.8 Å². The third-order valence-corrected chi connectivity index (χ3v) is 12.1. The summed E-state index contributed by atoms with van der Waals surface area (Å²) in [5, 5.41) is 23.8. The topological polar surface area (TPSA) is 95.9 Å². The predicted molar refractivity (Wildman–Crippen MR) is 273 cm³/mol. The summed E-state index contributed by atoms with van der Waals surface area (Å²) >= 11 is 0. The minimum Gasteiger partial charge on any atom is -0.462 e. The zero-order chi connectivity index (χ0) is 45.9.